The normalized spacial score (nSPS) is 22.1. The lowest BCUT2D eigenvalue weighted by Crippen LogP contribution is -2.55. The standard InChI is InChI=1S/C72H90N10O9S/c73-35-14-13-23-59-42-80(67(87)33-30-51-15-5-1-6-16-51)46-65(85)76-60(37-52-17-7-2-8-18-52)43-79(45-63(74)83)68(88)34-36-92-49-56-28-31-58(32-29-56)71(91)78-72(41-62(72)57-21-11-4-12-22-57)50-82(70(90)40-55-26-27-55)48-66(86)77-61(38-53-19-9-3-10-20-53)44-81(47-64(84)75-59)69(89)39-54-24-25-54/h1-12,15-22,28-29,31-32,54-55,59-62H,13-14,23-27,30,33-50,73H2,(H2,74,83)(H,75,84)(H,76,85)(H,77,86)(H,78,91)/t59-,60-,61-,62-,72-/m0/s1. The van der Waals surface area contributed by atoms with E-state index in [1.807, 2.05) is 133 Å². The lowest BCUT2D eigenvalue weighted by Gasteiger charge is -2.32. The molecule has 5 aromatic carbocycles. The minimum absolute atomic E-state index is 0.0437. The summed E-state index contributed by atoms with van der Waals surface area (Å²) in [5.74, 6) is -2.56. The number of nitrogens with one attached hydrogen (secondary N) is 4. The molecule has 2 aliphatic heterocycles. The monoisotopic (exact) mass is 1270 g/mol. The van der Waals surface area contributed by atoms with E-state index >= 15 is 0 Å². The Morgan fingerprint density at radius 3 is 1.62 bits per heavy atom. The first kappa shape index (κ1) is 68.0. The van der Waals surface area contributed by atoms with Gasteiger partial charge in [0.15, 0.2) is 0 Å². The quantitative estimate of drug-likeness (QED) is 0.0432. The molecule has 10 rings (SSSR count). The lowest BCUT2D eigenvalue weighted by molar-refractivity contribution is -0.139. The fourth-order valence-corrected chi connectivity index (χ4v) is 13.2. The van der Waals surface area contributed by atoms with E-state index in [1.54, 1.807) is 17.0 Å². The van der Waals surface area contributed by atoms with Gasteiger partial charge in [0.2, 0.25) is 47.3 Å². The first-order valence-electron chi connectivity index (χ1n) is 32.7. The zero-order valence-corrected chi connectivity index (χ0v) is 53.5. The third kappa shape index (κ3) is 21.9. The number of hydrogen-bond donors (Lipinski definition) is 6. The maximum absolute atomic E-state index is 14.8. The molecule has 8 N–H and O–H groups in total. The molecular formula is C72H90N10O9S. The number of benzene rings is 5. The minimum Gasteiger partial charge on any atom is -0.368 e. The highest BCUT2D eigenvalue weighted by molar-refractivity contribution is 7.98. The van der Waals surface area contributed by atoms with E-state index in [0.717, 1.165) is 53.5 Å². The Morgan fingerprint density at radius 2 is 1.07 bits per heavy atom. The number of fused-ring (bicyclic) bond motifs is 27. The van der Waals surface area contributed by atoms with Crippen molar-refractivity contribution in [1.29, 1.82) is 0 Å². The third-order valence-electron chi connectivity index (χ3n) is 17.7. The van der Waals surface area contributed by atoms with E-state index in [2.05, 4.69) is 21.3 Å². The molecule has 5 aliphatic rings. The first-order valence-corrected chi connectivity index (χ1v) is 33.9. The van der Waals surface area contributed by atoms with Crippen LogP contribution in [0.15, 0.2) is 146 Å². The van der Waals surface area contributed by atoms with E-state index in [0.29, 0.717) is 62.1 Å². The Morgan fingerprint density at radius 1 is 0.565 bits per heavy atom. The summed E-state index contributed by atoms with van der Waals surface area (Å²) in [6.07, 6.45) is 7.19. The smallest absolute Gasteiger partial charge is 0.251 e. The number of aryl methyl sites for hydroxylation is 1. The molecule has 5 atom stereocenters. The zero-order valence-electron chi connectivity index (χ0n) is 52.7. The van der Waals surface area contributed by atoms with Crippen LogP contribution in [-0.4, -0.2) is 161 Å². The van der Waals surface area contributed by atoms with Gasteiger partial charge in [0.25, 0.3) is 5.91 Å². The number of nitrogens with two attached hydrogens (primary N) is 2. The summed E-state index contributed by atoms with van der Waals surface area (Å²) in [5.41, 5.74) is 15.8. The highest BCUT2D eigenvalue weighted by atomic mass is 32.2. The second-order valence-electron chi connectivity index (χ2n) is 25.6. The molecule has 0 saturated heterocycles. The number of unbranched alkanes of at least 4 members (excludes halogenated alkanes) is 1. The van der Waals surface area contributed by atoms with Crippen LogP contribution in [0.1, 0.15) is 121 Å². The number of hydrogen-bond acceptors (Lipinski definition) is 11. The van der Waals surface area contributed by atoms with Crippen molar-refractivity contribution >= 4 is 64.9 Å². The summed E-state index contributed by atoms with van der Waals surface area (Å²) in [6, 6.07) is 43.4. The van der Waals surface area contributed by atoms with Gasteiger partial charge in [-0.3, -0.25) is 43.2 Å². The number of carbonyl (C=O) groups excluding carboxylic acids is 9. The predicted octanol–water partition coefficient (Wildman–Crippen LogP) is 6.08. The molecule has 9 amide bonds. The summed E-state index contributed by atoms with van der Waals surface area (Å²) in [7, 11) is 0. The van der Waals surface area contributed by atoms with E-state index in [9.17, 15) is 43.2 Å². The van der Waals surface area contributed by atoms with Crippen LogP contribution >= 0.6 is 11.8 Å². The lowest BCUT2D eigenvalue weighted by atomic mass is 10.0. The number of amides is 9. The van der Waals surface area contributed by atoms with Gasteiger partial charge in [0.1, 0.15) is 0 Å². The van der Waals surface area contributed by atoms with Gasteiger partial charge in [0.05, 0.1) is 43.8 Å². The van der Waals surface area contributed by atoms with Crippen LogP contribution in [0.3, 0.4) is 0 Å². The summed E-state index contributed by atoms with van der Waals surface area (Å²) >= 11 is 1.51. The summed E-state index contributed by atoms with van der Waals surface area (Å²) < 4.78 is 0. The van der Waals surface area contributed by atoms with Crippen molar-refractivity contribution in [3.8, 4) is 0 Å². The van der Waals surface area contributed by atoms with Crippen molar-refractivity contribution in [3.05, 3.63) is 179 Å². The number of nitrogens with zero attached hydrogens (tertiary/aromatic N) is 4. The molecule has 92 heavy (non-hydrogen) atoms. The molecule has 1 spiro atoms. The molecule has 3 aliphatic carbocycles. The van der Waals surface area contributed by atoms with E-state index in [4.69, 9.17) is 11.5 Å². The Kier molecular flexibility index (Phi) is 25.0. The van der Waals surface area contributed by atoms with Gasteiger partial charge < -0.3 is 52.3 Å². The van der Waals surface area contributed by atoms with Crippen molar-refractivity contribution in [2.45, 2.75) is 132 Å². The number of rotatable bonds is 18. The third-order valence-corrected chi connectivity index (χ3v) is 18.7. The van der Waals surface area contributed by atoms with Crippen molar-refractivity contribution in [1.82, 2.24) is 40.9 Å². The predicted molar refractivity (Wildman–Crippen MR) is 355 cm³/mol. The van der Waals surface area contributed by atoms with E-state index in [1.165, 1.54) is 26.5 Å². The topological polar surface area (TPSA) is 267 Å². The molecular weight excluding hydrogens is 1180 g/mol. The summed E-state index contributed by atoms with van der Waals surface area (Å²) in [6.45, 7) is -1.21. The Balaban J connectivity index is 1.04. The van der Waals surface area contributed by atoms with E-state index in [-0.39, 0.29) is 119 Å². The number of carbonyl (C=O) groups is 9. The Hall–Kier alpha value is -8.36. The Labute approximate surface area is 544 Å². The van der Waals surface area contributed by atoms with Gasteiger partial charge in [-0.1, -0.05) is 140 Å². The average Bonchev–Trinajstić information content (AvgIpc) is 1.58. The van der Waals surface area contributed by atoms with Crippen LogP contribution in [-0.2, 0) is 63.4 Å². The molecule has 2 bridgehead atoms. The highest BCUT2D eigenvalue weighted by Gasteiger charge is 2.57. The molecule has 0 unspecified atom stereocenters. The van der Waals surface area contributed by atoms with Gasteiger partial charge in [-0.15, -0.1) is 0 Å². The van der Waals surface area contributed by atoms with Gasteiger partial charge in [-0.05, 0) is 123 Å². The molecule has 5 aromatic rings. The average molecular weight is 1270 g/mol. The second kappa shape index (κ2) is 33.8. The minimum atomic E-state index is -0.912. The maximum atomic E-state index is 14.8. The fourth-order valence-electron chi connectivity index (χ4n) is 12.3. The van der Waals surface area contributed by atoms with E-state index < -0.39 is 60.4 Å². The molecule has 2 heterocycles. The summed E-state index contributed by atoms with van der Waals surface area (Å²) in [5, 5.41) is 12.8. The fraction of sp³-hybridized carbons (Fsp3) is 0.458. The maximum Gasteiger partial charge on any atom is 0.251 e. The second-order valence-corrected chi connectivity index (χ2v) is 26.7. The van der Waals surface area contributed by atoms with Crippen LogP contribution in [0.25, 0.3) is 0 Å². The SMILES string of the molecule is NCCCC[C@H]1CN(C(=O)CCc2ccccc2)CC(=O)N[C@@H](Cc2ccccc2)CN(CC(N)=O)C(=O)CCSCc2ccc(cc2)C(=O)N[C@@]2(C[C@H]2c2ccccc2)CN(C(=O)CC2CC2)CC(=O)N[C@@H](Cc2ccccc2)CN(C(=O)CC2CC2)CC(=O)N1. The van der Waals surface area contributed by atoms with Crippen LogP contribution in [0.2, 0.25) is 0 Å². The molecule has 3 saturated carbocycles. The molecule has 19 nitrogen and oxygen atoms in total. The van der Waals surface area contributed by atoms with Gasteiger partial charge >= 0.3 is 0 Å². The van der Waals surface area contributed by atoms with Crippen LogP contribution in [0.5, 0.6) is 0 Å². The van der Waals surface area contributed by atoms with Crippen molar-refractivity contribution in [3.63, 3.8) is 0 Å². The van der Waals surface area contributed by atoms with Crippen molar-refractivity contribution in [2.75, 3.05) is 64.7 Å². The molecule has 488 valence electrons. The Bertz CT molecular complexity index is 3280. The molecule has 3 fully saturated rings. The van der Waals surface area contributed by atoms with Gasteiger partial charge in [-0.2, -0.15) is 11.8 Å². The van der Waals surface area contributed by atoms with Crippen LogP contribution in [0, 0.1) is 11.8 Å². The van der Waals surface area contributed by atoms with Gasteiger partial charge in [0, 0.05) is 80.9 Å². The van der Waals surface area contributed by atoms with Crippen LogP contribution < -0.4 is 32.7 Å². The van der Waals surface area contributed by atoms with Crippen molar-refractivity contribution in [2.24, 2.45) is 23.3 Å². The molecule has 20 heteroatoms. The highest BCUT2D eigenvalue weighted by Crippen LogP contribution is 2.52. The van der Waals surface area contributed by atoms with Crippen LogP contribution in [0.4, 0.5) is 0 Å². The van der Waals surface area contributed by atoms with Gasteiger partial charge in [-0.25, -0.2) is 0 Å². The molecule has 0 aromatic heterocycles. The zero-order chi connectivity index (χ0) is 64.8. The largest absolute Gasteiger partial charge is 0.368 e. The molecule has 0 radical (unpaired) electrons. The number of primary amides is 1. The first-order chi connectivity index (χ1) is 44.6. The summed E-state index contributed by atoms with van der Waals surface area (Å²) in [4.78, 5) is 135. The van der Waals surface area contributed by atoms with Crippen molar-refractivity contribution < 1.29 is 43.2 Å². The number of thioether (sulfide) groups is 1.